The lowest BCUT2D eigenvalue weighted by atomic mass is 10.0. The molecular weight excluding hydrogens is 352 g/mol. The molecule has 6 nitrogen and oxygen atoms in total. The Bertz CT molecular complexity index is 1010. The van der Waals surface area contributed by atoms with Crippen molar-refractivity contribution >= 4 is 23.0 Å². The largest absolute Gasteiger partial charge is 0.346 e. The molecule has 0 saturated carbocycles. The van der Waals surface area contributed by atoms with Crippen molar-refractivity contribution in [3.8, 4) is 0 Å². The molecule has 0 fully saturated rings. The van der Waals surface area contributed by atoms with E-state index >= 15 is 0 Å². The van der Waals surface area contributed by atoms with Crippen LogP contribution in [-0.2, 0) is 0 Å². The molecule has 146 valence electrons. The monoisotopic (exact) mass is 378 g/mol. The lowest BCUT2D eigenvalue weighted by Gasteiger charge is -2.19. The van der Waals surface area contributed by atoms with Gasteiger partial charge in [0.25, 0.3) is 11.8 Å². The van der Waals surface area contributed by atoms with Gasteiger partial charge in [-0.1, -0.05) is 32.0 Å². The van der Waals surface area contributed by atoms with Crippen LogP contribution in [-0.4, -0.2) is 26.7 Å². The van der Waals surface area contributed by atoms with Gasteiger partial charge in [0, 0.05) is 17.4 Å². The predicted octanol–water partition coefficient (Wildman–Crippen LogP) is 4.24. The van der Waals surface area contributed by atoms with Gasteiger partial charge in [-0.3, -0.25) is 14.0 Å². The highest BCUT2D eigenvalue weighted by Gasteiger charge is 2.24. The van der Waals surface area contributed by atoms with Gasteiger partial charge in [-0.15, -0.1) is 0 Å². The number of carbonyl (C=O) groups is 2. The number of benzene rings is 1. The molecule has 2 heterocycles. The fraction of sp³-hybridized carbons (Fsp3) is 0.318. The quantitative estimate of drug-likeness (QED) is 0.713. The average Bonchev–Trinajstić information content (AvgIpc) is 3.01. The minimum Gasteiger partial charge on any atom is -0.346 e. The first-order valence-electron chi connectivity index (χ1n) is 9.36. The molecule has 0 radical (unpaired) electrons. The molecule has 0 unspecified atom stereocenters. The molecule has 0 aliphatic carbocycles. The summed E-state index contributed by atoms with van der Waals surface area (Å²) in [5, 5.41) is 5.76. The normalized spacial score (nSPS) is 11.6. The predicted molar refractivity (Wildman–Crippen MR) is 111 cm³/mol. The highest BCUT2D eigenvalue weighted by Crippen LogP contribution is 2.19. The molecule has 0 aliphatic heterocycles. The van der Waals surface area contributed by atoms with Gasteiger partial charge in [-0.25, -0.2) is 4.98 Å². The summed E-state index contributed by atoms with van der Waals surface area (Å²) in [6, 6.07) is 13.1. The molecule has 0 spiro atoms. The van der Waals surface area contributed by atoms with Crippen LogP contribution in [0.3, 0.4) is 0 Å². The zero-order chi connectivity index (χ0) is 20.5. The summed E-state index contributed by atoms with van der Waals surface area (Å²) in [4.78, 5) is 29.8. The molecule has 0 atom stereocenters. The molecule has 1 aromatic carbocycles. The number of nitrogens with one attached hydrogen (secondary N) is 2. The maximum absolute atomic E-state index is 12.8. The zero-order valence-corrected chi connectivity index (χ0v) is 16.9. The first-order chi connectivity index (χ1) is 13.2. The first kappa shape index (κ1) is 19.6. The highest BCUT2D eigenvalue weighted by molar-refractivity contribution is 6.06. The average molecular weight is 378 g/mol. The Morgan fingerprint density at radius 3 is 2.29 bits per heavy atom. The maximum Gasteiger partial charge on any atom is 0.292 e. The number of nitrogens with zero attached hydrogens (tertiary/aromatic N) is 2. The SMILES string of the molecule is CC(C)c1ccc(NC(=O)c2nc(C(=O)NC(C)(C)C)c3ccccn23)cc1. The molecule has 28 heavy (non-hydrogen) atoms. The van der Waals surface area contributed by atoms with Crippen molar-refractivity contribution < 1.29 is 9.59 Å². The number of fused-ring (bicyclic) bond motifs is 1. The minimum absolute atomic E-state index is 0.169. The summed E-state index contributed by atoms with van der Waals surface area (Å²) in [6.07, 6.45) is 1.73. The fourth-order valence-electron chi connectivity index (χ4n) is 2.90. The zero-order valence-electron chi connectivity index (χ0n) is 16.9. The summed E-state index contributed by atoms with van der Waals surface area (Å²) >= 11 is 0. The van der Waals surface area contributed by atoms with Crippen molar-refractivity contribution in [2.75, 3.05) is 5.32 Å². The van der Waals surface area contributed by atoms with Crippen LogP contribution in [0, 0.1) is 0 Å². The van der Waals surface area contributed by atoms with E-state index in [1.54, 1.807) is 22.7 Å². The Kier molecular flexibility index (Phi) is 5.23. The third kappa shape index (κ3) is 4.22. The van der Waals surface area contributed by atoms with Crippen LogP contribution in [0.25, 0.3) is 5.52 Å². The lowest BCUT2D eigenvalue weighted by Crippen LogP contribution is -2.40. The van der Waals surface area contributed by atoms with Crippen molar-refractivity contribution in [2.24, 2.45) is 0 Å². The van der Waals surface area contributed by atoms with Crippen molar-refractivity contribution in [3.05, 3.63) is 65.7 Å². The first-order valence-corrected chi connectivity index (χ1v) is 9.36. The molecule has 0 bridgehead atoms. The van der Waals surface area contributed by atoms with E-state index in [1.165, 1.54) is 5.56 Å². The van der Waals surface area contributed by atoms with E-state index in [9.17, 15) is 9.59 Å². The van der Waals surface area contributed by atoms with Crippen LogP contribution in [0.2, 0.25) is 0 Å². The number of hydrogen-bond donors (Lipinski definition) is 2. The number of hydrogen-bond acceptors (Lipinski definition) is 3. The molecule has 0 aliphatic rings. The molecule has 6 heteroatoms. The number of carbonyl (C=O) groups excluding carboxylic acids is 2. The smallest absolute Gasteiger partial charge is 0.292 e. The van der Waals surface area contributed by atoms with Gasteiger partial charge in [0.1, 0.15) is 0 Å². The summed E-state index contributed by atoms with van der Waals surface area (Å²) in [6.45, 7) is 9.94. The van der Waals surface area contributed by atoms with E-state index in [2.05, 4.69) is 29.5 Å². The fourth-order valence-corrected chi connectivity index (χ4v) is 2.90. The Balaban J connectivity index is 1.92. The Morgan fingerprint density at radius 2 is 1.68 bits per heavy atom. The minimum atomic E-state index is -0.400. The van der Waals surface area contributed by atoms with Crippen molar-refractivity contribution in [1.82, 2.24) is 14.7 Å². The topological polar surface area (TPSA) is 75.5 Å². The standard InChI is InChI=1S/C22H26N4O2/c1-14(2)15-9-11-16(12-10-15)23-21(28)19-24-18(20(27)25-22(3,4)5)17-8-6-7-13-26(17)19/h6-14H,1-5H3,(H,23,28)(H,25,27). The summed E-state index contributed by atoms with van der Waals surface area (Å²) < 4.78 is 1.63. The van der Waals surface area contributed by atoms with E-state index < -0.39 is 5.54 Å². The Hall–Kier alpha value is -3.15. The molecule has 0 saturated heterocycles. The van der Waals surface area contributed by atoms with Crippen LogP contribution < -0.4 is 10.6 Å². The Labute approximate surface area is 165 Å². The van der Waals surface area contributed by atoms with Gasteiger partial charge in [-0.2, -0.15) is 0 Å². The van der Waals surface area contributed by atoms with Crippen molar-refractivity contribution in [2.45, 2.75) is 46.1 Å². The summed E-state index contributed by atoms with van der Waals surface area (Å²) in [5.74, 6) is -0.0858. The molecule has 2 aromatic heterocycles. The molecule has 2 amide bonds. The van der Waals surface area contributed by atoms with Crippen molar-refractivity contribution in [3.63, 3.8) is 0 Å². The molecular formula is C22H26N4O2. The second kappa shape index (κ2) is 7.46. The van der Waals surface area contributed by atoms with Gasteiger partial charge < -0.3 is 10.6 Å². The van der Waals surface area contributed by atoms with E-state index in [-0.39, 0.29) is 23.3 Å². The number of pyridine rings is 1. The second-order valence-electron chi connectivity index (χ2n) is 8.17. The van der Waals surface area contributed by atoms with Crippen LogP contribution in [0.15, 0.2) is 48.7 Å². The number of rotatable bonds is 4. The number of amides is 2. The third-order valence-electron chi connectivity index (χ3n) is 4.29. The molecule has 3 aromatic rings. The van der Waals surface area contributed by atoms with Crippen molar-refractivity contribution in [1.29, 1.82) is 0 Å². The summed E-state index contributed by atoms with van der Waals surface area (Å²) in [7, 11) is 0. The number of aromatic nitrogens is 2. The summed E-state index contributed by atoms with van der Waals surface area (Å²) in [5.41, 5.74) is 2.30. The molecule has 2 N–H and O–H groups in total. The van der Waals surface area contributed by atoms with Crippen LogP contribution in [0.4, 0.5) is 5.69 Å². The van der Waals surface area contributed by atoms with Gasteiger partial charge >= 0.3 is 0 Å². The highest BCUT2D eigenvalue weighted by atomic mass is 16.2. The third-order valence-corrected chi connectivity index (χ3v) is 4.29. The molecule has 3 rings (SSSR count). The van der Waals surface area contributed by atoms with Crippen LogP contribution in [0.1, 0.15) is 67.2 Å². The van der Waals surface area contributed by atoms with Crippen LogP contribution in [0.5, 0.6) is 0 Å². The van der Waals surface area contributed by atoms with Gasteiger partial charge in [0.05, 0.1) is 5.52 Å². The van der Waals surface area contributed by atoms with E-state index in [0.29, 0.717) is 17.1 Å². The lowest BCUT2D eigenvalue weighted by molar-refractivity contribution is 0.0916. The van der Waals surface area contributed by atoms with Crippen LogP contribution >= 0.6 is 0 Å². The number of anilines is 1. The van der Waals surface area contributed by atoms with E-state index in [1.807, 2.05) is 51.1 Å². The van der Waals surface area contributed by atoms with E-state index in [0.717, 1.165) is 0 Å². The Morgan fingerprint density at radius 1 is 1.00 bits per heavy atom. The van der Waals surface area contributed by atoms with Gasteiger partial charge in [0.2, 0.25) is 5.82 Å². The number of imidazole rings is 1. The second-order valence-corrected chi connectivity index (χ2v) is 8.17. The van der Waals surface area contributed by atoms with Gasteiger partial charge in [0.15, 0.2) is 5.69 Å². The van der Waals surface area contributed by atoms with E-state index in [4.69, 9.17) is 0 Å². The van der Waals surface area contributed by atoms with Gasteiger partial charge in [-0.05, 0) is 56.5 Å². The maximum atomic E-state index is 12.8.